The Morgan fingerprint density at radius 1 is 0.384 bits per heavy atom. The summed E-state index contributed by atoms with van der Waals surface area (Å²) in [6.45, 7) is 14.2. The number of rotatable bonds is 17. The van der Waals surface area contributed by atoms with Crippen molar-refractivity contribution in [1.82, 2.24) is 0 Å². The molecule has 0 bridgehead atoms. The normalized spacial score (nSPS) is 15.1. The Morgan fingerprint density at radius 2 is 0.863 bits per heavy atom. The summed E-state index contributed by atoms with van der Waals surface area (Å²) in [6.07, 6.45) is 18.5. The van der Waals surface area contributed by atoms with Crippen LogP contribution in [0.15, 0.2) is 156 Å². The molecule has 9 aromatic rings. The van der Waals surface area contributed by atoms with E-state index in [0.717, 1.165) is 32.7 Å². The topological polar surface area (TPSA) is 13.1 Å². The van der Waals surface area contributed by atoms with E-state index in [4.69, 9.17) is 16.0 Å². The summed E-state index contributed by atoms with van der Waals surface area (Å²) in [7, 11) is 0. The Kier molecular flexibility index (Phi) is 12.4. The van der Waals surface area contributed by atoms with Crippen LogP contribution in [0.5, 0.6) is 0 Å². The van der Waals surface area contributed by atoms with Crippen molar-refractivity contribution in [3.63, 3.8) is 0 Å². The van der Waals surface area contributed by atoms with Gasteiger partial charge < -0.3 is 4.42 Å². The molecule has 3 aliphatic carbocycles. The molecular weight excluding hydrogens is 904 g/mol. The molecule has 8 aromatic carbocycles. The monoisotopic (exact) mass is 975 g/mol. The van der Waals surface area contributed by atoms with E-state index in [1.54, 1.807) is 11.1 Å². The van der Waals surface area contributed by atoms with Gasteiger partial charge in [-0.2, -0.15) is 0 Å². The molecule has 0 saturated heterocycles. The molecule has 73 heavy (non-hydrogen) atoms. The average molecular weight is 976 g/mol. The molecular formula is C71H71ClO. The van der Waals surface area contributed by atoms with Gasteiger partial charge in [-0.1, -0.05) is 239 Å². The highest BCUT2D eigenvalue weighted by Crippen LogP contribution is 2.58. The third-order valence-electron chi connectivity index (χ3n) is 18.0. The van der Waals surface area contributed by atoms with Crippen LogP contribution in [0, 0.1) is 0 Å². The minimum atomic E-state index is -0.216. The standard InChI is InChI=1S/C71H71ClO/c1-7-9-11-13-15-21-39-71(40-22-16-14-12-10-8-2)59-25-19-17-23-52(59)55-37-33-50(43-63(55)71)49-32-36-54-53-35-31-48(41-60(53)69(3,4)61(54)42-49)46-27-29-47(30-28-46)58-45-64-66(56-38-34-51(72)44-62(56)70(64,5)6)67-57-24-18-20-26-65(57)73-68(58)67/h17-20,23-38,41-45H,7-16,21-22,39-40H2,1-6H3. The second-order valence-electron chi connectivity index (χ2n) is 23.1. The lowest BCUT2D eigenvalue weighted by Crippen LogP contribution is -2.25. The summed E-state index contributed by atoms with van der Waals surface area (Å²) in [6, 6.07) is 57.9. The van der Waals surface area contributed by atoms with E-state index in [-0.39, 0.29) is 16.2 Å². The zero-order valence-electron chi connectivity index (χ0n) is 44.1. The summed E-state index contributed by atoms with van der Waals surface area (Å²) >= 11 is 6.64. The lowest BCUT2D eigenvalue weighted by molar-refractivity contribution is 0.398. The molecule has 0 amide bonds. The SMILES string of the molecule is CCCCCCCCC1(CCCCCCCC)c2ccccc2-c2ccc(-c3ccc4c(c3)C(C)(C)c3cc(-c5ccc(-c6cc7c(c8c6oc6ccccc68)-c6ccc(Cl)cc6C7(C)C)cc5)ccc3-4)cc21. The lowest BCUT2D eigenvalue weighted by atomic mass is 9.70. The predicted molar refractivity (Wildman–Crippen MR) is 312 cm³/mol. The number of benzene rings is 8. The van der Waals surface area contributed by atoms with E-state index < -0.39 is 0 Å². The molecule has 0 spiro atoms. The van der Waals surface area contributed by atoms with Gasteiger partial charge in [0.15, 0.2) is 0 Å². The van der Waals surface area contributed by atoms with Gasteiger partial charge in [0.25, 0.3) is 0 Å². The Hall–Kier alpha value is -6.15. The first-order valence-corrected chi connectivity index (χ1v) is 28.4. The largest absolute Gasteiger partial charge is 0.455 e. The fourth-order valence-electron chi connectivity index (χ4n) is 13.9. The maximum atomic E-state index is 6.80. The van der Waals surface area contributed by atoms with Crippen molar-refractivity contribution in [1.29, 1.82) is 0 Å². The molecule has 0 radical (unpaired) electrons. The molecule has 0 aliphatic heterocycles. The van der Waals surface area contributed by atoms with Gasteiger partial charge in [-0.25, -0.2) is 0 Å². The number of furan rings is 1. The summed E-state index contributed by atoms with van der Waals surface area (Å²) in [4.78, 5) is 0. The predicted octanol–water partition coefficient (Wildman–Crippen LogP) is 21.6. The van der Waals surface area contributed by atoms with Crippen LogP contribution in [0.3, 0.4) is 0 Å². The minimum Gasteiger partial charge on any atom is -0.455 e. The van der Waals surface area contributed by atoms with Crippen LogP contribution in [-0.4, -0.2) is 0 Å². The lowest BCUT2D eigenvalue weighted by Gasteiger charge is -2.33. The van der Waals surface area contributed by atoms with E-state index in [2.05, 4.69) is 187 Å². The molecule has 368 valence electrons. The molecule has 3 aliphatic rings. The summed E-state index contributed by atoms with van der Waals surface area (Å²) in [5, 5.41) is 3.11. The molecule has 0 N–H and O–H groups in total. The van der Waals surface area contributed by atoms with Gasteiger partial charge in [-0.3, -0.25) is 0 Å². The van der Waals surface area contributed by atoms with Gasteiger partial charge in [-0.05, 0) is 150 Å². The van der Waals surface area contributed by atoms with E-state index in [1.165, 1.54) is 173 Å². The van der Waals surface area contributed by atoms with Crippen molar-refractivity contribution in [3.05, 3.63) is 190 Å². The third-order valence-corrected chi connectivity index (χ3v) is 18.2. The fourth-order valence-corrected chi connectivity index (χ4v) is 14.1. The molecule has 0 saturated carbocycles. The fraction of sp³-hybridized carbons (Fsp3) is 0.324. The van der Waals surface area contributed by atoms with Gasteiger partial charge >= 0.3 is 0 Å². The van der Waals surface area contributed by atoms with Crippen LogP contribution < -0.4 is 0 Å². The van der Waals surface area contributed by atoms with Gasteiger partial charge in [0, 0.05) is 37.6 Å². The highest BCUT2D eigenvalue weighted by molar-refractivity contribution is 6.31. The molecule has 0 unspecified atom stereocenters. The van der Waals surface area contributed by atoms with Crippen molar-refractivity contribution in [2.75, 3.05) is 0 Å². The van der Waals surface area contributed by atoms with Gasteiger partial charge in [0.05, 0.1) is 0 Å². The molecule has 2 heteroatoms. The Bertz CT molecular complexity index is 3540. The molecule has 1 aromatic heterocycles. The van der Waals surface area contributed by atoms with Gasteiger partial charge in [-0.15, -0.1) is 0 Å². The summed E-state index contributed by atoms with van der Waals surface area (Å²) < 4.78 is 6.80. The third kappa shape index (κ3) is 7.94. The number of unbranched alkanes of at least 4 members (excludes halogenated alkanes) is 10. The van der Waals surface area contributed by atoms with E-state index in [0.29, 0.717) is 0 Å². The Labute approximate surface area is 440 Å². The van der Waals surface area contributed by atoms with E-state index in [1.807, 2.05) is 6.07 Å². The van der Waals surface area contributed by atoms with Crippen LogP contribution in [0.25, 0.3) is 88.7 Å². The van der Waals surface area contributed by atoms with Crippen molar-refractivity contribution < 1.29 is 4.42 Å². The number of halogens is 1. The zero-order valence-corrected chi connectivity index (χ0v) is 44.9. The van der Waals surface area contributed by atoms with Gasteiger partial charge in [0.2, 0.25) is 0 Å². The van der Waals surface area contributed by atoms with Crippen LogP contribution >= 0.6 is 11.6 Å². The second-order valence-corrected chi connectivity index (χ2v) is 23.5. The number of para-hydroxylation sites is 1. The van der Waals surface area contributed by atoms with Crippen LogP contribution in [0.2, 0.25) is 5.02 Å². The summed E-state index contributed by atoms with van der Waals surface area (Å²) in [5.74, 6) is 0. The smallest absolute Gasteiger partial charge is 0.143 e. The van der Waals surface area contributed by atoms with E-state index >= 15 is 0 Å². The van der Waals surface area contributed by atoms with Crippen molar-refractivity contribution in [3.8, 4) is 66.8 Å². The Balaban J connectivity index is 0.858. The average Bonchev–Trinajstić information content (AvgIpc) is 4.07. The second kappa shape index (κ2) is 19.0. The van der Waals surface area contributed by atoms with Crippen LogP contribution in [-0.2, 0) is 16.2 Å². The van der Waals surface area contributed by atoms with Gasteiger partial charge in [0.1, 0.15) is 11.2 Å². The number of fused-ring (bicyclic) bond motifs is 13. The maximum absolute atomic E-state index is 6.80. The first kappa shape index (κ1) is 47.8. The van der Waals surface area contributed by atoms with Crippen molar-refractivity contribution in [2.24, 2.45) is 0 Å². The minimum absolute atomic E-state index is 0.0673. The highest BCUT2D eigenvalue weighted by Gasteiger charge is 2.43. The molecule has 1 heterocycles. The highest BCUT2D eigenvalue weighted by atomic mass is 35.5. The van der Waals surface area contributed by atoms with Crippen LogP contribution in [0.1, 0.15) is 165 Å². The number of hydrogen-bond donors (Lipinski definition) is 0. The maximum Gasteiger partial charge on any atom is 0.143 e. The first-order chi connectivity index (χ1) is 35.5. The molecule has 0 atom stereocenters. The van der Waals surface area contributed by atoms with Crippen molar-refractivity contribution >= 4 is 33.5 Å². The summed E-state index contributed by atoms with van der Waals surface area (Å²) in [5.41, 5.74) is 25.6. The zero-order chi connectivity index (χ0) is 50.1. The molecule has 1 nitrogen and oxygen atoms in total. The Morgan fingerprint density at radius 3 is 1.52 bits per heavy atom. The quantitative estimate of drug-likeness (QED) is 0.0829. The first-order valence-electron chi connectivity index (χ1n) is 28.0. The molecule has 12 rings (SSSR count). The van der Waals surface area contributed by atoms with Crippen LogP contribution in [0.4, 0.5) is 0 Å². The van der Waals surface area contributed by atoms with E-state index in [9.17, 15) is 0 Å². The van der Waals surface area contributed by atoms with Crippen molar-refractivity contribution in [2.45, 2.75) is 148 Å². The molecule has 0 fully saturated rings. The number of hydrogen-bond acceptors (Lipinski definition) is 1.